The van der Waals surface area contributed by atoms with E-state index in [9.17, 15) is 9.18 Å². The van der Waals surface area contributed by atoms with Gasteiger partial charge in [0.15, 0.2) is 0 Å². The van der Waals surface area contributed by atoms with E-state index in [1.165, 1.54) is 12.1 Å². The van der Waals surface area contributed by atoms with Crippen LogP contribution in [0.3, 0.4) is 0 Å². The van der Waals surface area contributed by atoms with Gasteiger partial charge in [0, 0.05) is 11.1 Å². The number of methoxy groups -OCH3 is 1. The minimum atomic E-state index is -0.524. The molecule has 0 radical (unpaired) electrons. The Morgan fingerprint density at radius 3 is 2.59 bits per heavy atom. The lowest BCUT2D eigenvalue weighted by atomic mass is 10.0. The van der Waals surface area contributed by atoms with Gasteiger partial charge in [-0.05, 0) is 80.1 Å². The zero-order valence-corrected chi connectivity index (χ0v) is 20.6. The Labute approximate surface area is 213 Å². The van der Waals surface area contributed by atoms with Crippen molar-refractivity contribution in [3.63, 3.8) is 0 Å². The predicted molar refractivity (Wildman–Crippen MR) is 138 cm³/mol. The monoisotopic (exact) mass is 499 g/mol. The van der Waals surface area contributed by atoms with Crippen molar-refractivity contribution in [3.05, 3.63) is 102 Å². The molecule has 5 rings (SSSR count). The van der Waals surface area contributed by atoms with Gasteiger partial charge in [0.1, 0.15) is 29.1 Å². The standard InChI is InChI=1S/C28H26FN5O3/c1-17-13-25(33-32-17)28(35)31-18(2)27(19-5-4-6-23(14-19)36-3)37-24-11-12-26-20(15-24)16-30-34(26)22-9-7-21(29)8-10-22/h4-16,18,27H,1-3H3,(H,31,35)(H,32,33)/t18-,27-/m0/s1. The van der Waals surface area contributed by atoms with E-state index >= 15 is 0 Å². The maximum absolute atomic E-state index is 13.4. The Morgan fingerprint density at radius 1 is 1.05 bits per heavy atom. The smallest absolute Gasteiger partial charge is 0.272 e. The maximum Gasteiger partial charge on any atom is 0.272 e. The van der Waals surface area contributed by atoms with Crippen LogP contribution in [0.15, 0.2) is 79.0 Å². The molecule has 8 nitrogen and oxygen atoms in total. The van der Waals surface area contributed by atoms with Crippen LogP contribution in [0.25, 0.3) is 16.6 Å². The molecule has 0 fully saturated rings. The molecule has 0 spiro atoms. The Bertz CT molecular complexity index is 1540. The van der Waals surface area contributed by atoms with Crippen LogP contribution in [0.5, 0.6) is 11.5 Å². The highest BCUT2D eigenvalue weighted by Crippen LogP contribution is 2.30. The van der Waals surface area contributed by atoms with E-state index in [0.29, 0.717) is 17.2 Å². The number of aromatic nitrogens is 4. The molecule has 0 aliphatic rings. The van der Waals surface area contributed by atoms with E-state index in [1.54, 1.807) is 36.2 Å². The fourth-order valence-corrected chi connectivity index (χ4v) is 4.19. The first-order valence-corrected chi connectivity index (χ1v) is 11.8. The quantitative estimate of drug-likeness (QED) is 0.308. The van der Waals surface area contributed by atoms with E-state index in [0.717, 1.165) is 27.8 Å². The molecular formula is C28H26FN5O3. The zero-order valence-electron chi connectivity index (χ0n) is 20.6. The molecule has 3 aromatic carbocycles. The third-order valence-electron chi connectivity index (χ3n) is 6.05. The lowest BCUT2D eigenvalue weighted by molar-refractivity contribution is 0.0877. The van der Waals surface area contributed by atoms with Crippen molar-refractivity contribution in [1.29, 1.82) is 0 Å². The number of amides is 1. The summed E-state index contributed by atoms with van der Waals surface area (Å²) in [5.74, 6) is 0.687. The van der Waals surface area contributed by atoms with Gasteiger partial charge in [-0.15, -0.1) is 0 Å². The molecule has 5 aromatic rings. The van der Waals surface area contributed by atoms with Gasteiger partial charge in [0.25, 0.3) is 5.91 Å². The summed E-state index contributed by atoms with van der Waals surface area (Å²) >= 11 is 0. The third-order valence-corrected chi connectivity index (χ3v) is 6.05. The number of H-pyrrole nitrogens is 1. The topological polar surface area (TPSA) is 94.1 Å². The van der Waals surface area contributed by atoms with Crippen molar-refractivity contribution < 1.29 is 18.7 Å². The summed E-state index contributed by atoms with van der Waals surface area (Å²) < 4.78 is 27.0. The number of rotatable bonds is 8. The fraction of sp³-hybridized carbons (Fsp3) is 0.179. The average molecular weight is 500 g/mol. The number of aromatic amines is 1. The molecule has 0 aliphatic heterocycles. The van der Waals surface area contributed by atoms with Gasteiger partial charge in [-0.25, -0.2) is 9.07 Å². The number of hydrogen-bond donors (Lipinski definition) is 2. The minimum absolute atomic E-state index is 0.302. The number of aryl methyl sites for hydroxylation is 1. The van der Waals surface area contributed by atoms with Crippen LogP contribution in [0, 0.1) is 12.7 Å². The molecule has 0 bridgehead atoms. The van der Waals surface area contributed by atoms with Gasteiger partial charge < -0.3 is 14.8 Å². The Hall–Kier alpha value is -4.66. The number of nitrogens with one attached hydrogen (secondary N) is 2. The molecular weight excluding hydrogens is 473 g/mol. The van der Waals surface area contributed by atoms with Gasteiger partial charge in [-0.2, -0.15) is 10.2 Å². The second kappa shape index (κ2) is 10.1. The van der Waals surface area contributed by atoms with Gasteiger partial charge in [0.05, 0.1) is 30.6 Å². The van der Waals surface area contributed by atoms with Crippen molar-refractivity contribution in [3.8, 4) is 17.2 Å². The number of ether oxygens (including phenoxy) is 2. The Kier molecular flexibility index (Phi) is 6.59. The number of carbonyl (C=O) groups is 1. The van der Waals surface area contributed by atoms with E-state index < -0.39 is 12.1 Å². The molecule has 2 aromatic heterocycles. The molecule has 0 aliphatic carbocycles. The second-order valence-corrected chi connectivity index (χ2v) is 8.77. The maximum atomic E-state index is 13.4. The van der Waals surface area contributed by atoms with E-state index in [4.69, 9.17) is 9.47 Å². The van der Waals surface area contributed by atoms with Gasteiger partial charge in [-0.1, -0.05) is 12.1 Å². The number of nitrogens with zero attached hydrogens (tertiary/aromatic N) is 3. The van der Waals surface area contributed by atoms with Crippen LogP contribution in [-0.2, 0) is 0 Å². The third kappa shape index (κ3) is 5.16. The number of halogens is 1. The highest BCUT2D eigenvalue weighted by Gasteiger charge is 2.25. The first kappa shape index (κ1) is 24.1. The number of benzene rings is 3. The summed E-state index contributed by atoms with van der Waals surface area (Å²) in [4.78, 5) is 12.8. The molecule has 9 heteroatoms. The highest BCUT2D eigenvalue weighted by atomic mass is 19.1. The first-order chi connectivity index (χ1) is 17.9. The lowest BCUT2D eigenvalue weighted by Crippen LogP contribution is -2.39. The zero-order chi connectivity index (χ0) is 25.9. The van der Waals surface area contributed by atoms with Crippen LogP contribution in [0.4, 0.5) is 4.39 Å². The number of hydrogen-bond acceptors (Lipinski definition) is 5. The minimum Gasteiger partial charge on any atom is -0.497 e. The largest absolute Gasteiger partial charge is 0.497 e. The molecule has 2 heterocycles. The van der Waals surface area contributed by atoms with E-state index in [2.05, 4.69) is 20.6 Å². The summed E-state index contributed by atoms with van der Waals surface area (Å²) in [7, 11) is 1.60. The highest BCUT2D eigenvalue weighted by molar-refractivity contribution is 5.92. The summed E-state index contributed by atoms with van der Waals surface area (Å²) in [5.41, 5.74) is 3.56. The normalized spacial score (nSPS) is 12.8. The van der Waals surface area contributed by atoms with Gasteiger partial charge >= 0.3 is 0 Å². The summed E-state index contributed by atoms with van der Waals surface area (Å²) in [6, 6.07) is 20.6. The van der Waals surface area contributed by atoms with Gasteiger partial charge in [0.2, 0.25) is 0 Å². The van der Waals surface area contributed by atoms with Crippen molar-refractivity contribution in [2.24, 2.45) is 0 Å². The summed E-state index contributed by atoms with van der Waals surface area (Å²) in [5, 5.41) is 15.2. The second-order valence-electron chi connectivity index (χ2n) is 8.77. The van der Waals surface area contributed by atoms with E-state index in [-0.39, 0.29) is 11.7 Å². The average Bonchev–Trinajstić information content (AvgIpc) is 3.54. The predicted octanol–water partition coefficient (Wildman–Crippen LogP) is 5.14. The molecule has 0 saturated carbocycles. The van der Waals surface area contributed by atoms with Crippen LogP contribution in [0.2, 0.25) is 0 Å². The Balaban J connectivity index is 1.44. The molecule has 188 valence electrons. The van der Waals surface area contributed by atoms with Crippen molar-refractivity contribution in [2.75, 3.05) is 7.11 Å². The van der Waals surface area contributed by atoms with Crippen LogP contribution in [-0.4, -0.2) is 39.0 Å². The number of fused-ring (bicyclic) bond motifs is 1. The van der Waals surface area contributed by atoms with Crippen LogP contribution < -0.4 is 14.8 Å². The van der Waals surface area contributed by atoms with Crippen LogP contribution in [0.1, 0.15) is 34.8 Å². The van der Waals surface area contributed by atoms with Crippen molar-refractivity contribution in [2.45, 2.75) is 26.0 Å². The first-order valence-electron chi connectivity index (χ1n) is 11.8. The summed E-state index contributed by atoms with van der Waals surface area (Å²) in [6.45, 7) is 3.72. The fourth-order valence-electron chi connectivity index (χ4n) is 4.19. The molecule has 0 saturated heterocycles. The SMILES string of the molecule is COc1cccc([C@@H](Oc2ccc3c(cnn3-c3ccc(F)cc3)c2)[C@H](C)NC(=O)c2cc(C)[nH]n2)c1. The molecule has 37 heavy (non-hydrogen) atoms. The van der Waals surface area contributed by atoms with E-state index in [1.807, 2.05) is 56.3 Å². The summed E-state index contributed by atoms with van der Waals surface area (Å²) in [6.07, 6.45) is 1.21. The Morgan fingerprint density at radius 2 is 1.86 bits per heavy atom. The molecule has 0 unspecified atom stereocenters. The molecule has 1 amide bonds. The van der Waals surface area contributed by atoms with Crippen molar-refractivity contribution >= 4 is 16.8 Å². The van der Waals surface area contributed by atoms with Crippen LogP contribution >= 0.6 is 0 Å². The molecule has 2 atom stereocenters. The van der Waals surface area contributed by atoms with Crippen molar-refractivity contribution in [1.82, 2.24) is 25.3 Å². The number of carbonyl (C=O) groups excluding carboxylic acids is 1. The lowest BCUT2D eigenvalue weighted by Gasteiger charge is -2.26. The van der Waals surface area contributed by atoms with Gasteiger partial charge in [-0.3, -0.25) is 9.89 Å². The molecule has 2 N–H and O–H groups in total.